The van der Waals surface area contributed by atoms with Gasteiger partial charge in [-0.2, -0.15) is 0 Å². The molecule has 2 fully saturated rings. The lowest BCUT2D eigenvalue weighted by molar-refractivity contribution is -0.170. The minimum atomic E-state index is -1.38. The second-order valence-corrected chi connectivity index (χ2v) is 6.60. The van der Waals surface area contributed by atoms with Gasteiger partial charge in [0.1, 0.15) is 0 Å². The van der Waals surface area contributed by atoms with E-state index in [4.69, 9.17) is 4.74 Å². The maximum atomic E-state index is 11.9. The maximum Gasteiger partial charge on any atom is 0.338 e. The molecule has 0 unspecified atom stereocenters. The largest absolute Gasteiger partial charge is 0.453 e. The second-order valence-electron chi connectivity index (χ2n) is 6.60. The van der Waals surface area contributed by atoms with E-state index < -0.39 is 11.6 Å². The Balaban J connectivity index is 1.74. The molecule has 2 aliphatic rings. The van der Waals surface area contributed by atoms with Crippen LogP contribution in [0.1, 0.15) is 64.7 Å². The molecule has 5 heteroatoms. The van der Waals surface area contributed by atoms with E-state index in [2.05, 4.69) is 12.2 Å². The van der Waals surface area contributed by atoms with Crippen molar-refractivity contribution in [3.8, 4) is 0 Å². The van der Waals surface area contributed by atoms with Crippen LogP contribution in [0.15, 0.2) is 0 Å². The molecule has 0 radical (unpaired) electrons. The van der Waals surface area contributed by atoms with Crippen LogP contribution < -0.4 is 5.32 Å². The van der Waals surface area contributed by atoms with Crippen LogP contribution in [-0.2, 0) is 14.3 Å². The molecule has 21 heavy (non-hydrogen) atoms. The van der Waals surface area contributed by atoms with Crippen LogP contribution in [0.5, 0.6) is 0 Å². The summed E-state index contributed by atoms with van der Waals surface area (Å²) in [6, 6.07) is 0.183. The third-order valence-electron chi connectivity index (χ3n) is 4.85. The Bertz CT molecular complexity index is 376. The van der Waals surface area contributed by atoms with Gasteiger partial charge >= 0.3 is 5.97 Å². The highest BCUT2D eigenvalue weighted by molar-refractivity contribution is 5.84. The quantitative estimate of drug-likeness (QED) is 0.777. The Morgan fingerprint density at radius 2 is 1.81 bits per heavy atom. The van der Waals surface area contributed by atoms with Gasteiger partial charge in [-0.1, -0.05) is 26.2 Å². The molecule has 0 heterocycles. The highest BCUT2D eigenvalue weighted by Gasteiger charge is 2.39. The molecule has 2 saturated carbocycles. The first kappa shape index (κ1) is 16.3. The van der Waals surface area contributed by atoms with Gasteiger partial charge in [0.15, 0.2) is 12.2 Å². The lowest BCUT2D eigenvalue weighted by atomic mass is 9.85. The van der Waals surface area contributed by atoms with Crippen LogP contribution in [0, 0.1) is 5.92 Å². The van der Waals surface area contributed by atoms with Gasteiger partial charge in [-0.05, 0) is 44.4 Å². The van der Waals surface area contributed by atoms with E-state index in [1.165, 1.54) is 6.42 Å². The van der Waals surface area contributed by atoms with Crippen molar-refractivity contribution in [3.05, 3.63) is 0 Å². The van der Waals surface area contributed by atoms with Gasteiger partial charge in [-0.15, -0.1) is 0 Å². The van der Waals surface area contributed by atoms with Crippen molar-refractivity contribution in [1.82, 2.24) is 5.32 Å². The van der Waals surface area contributed by atoms with E-state index in [0.717, 1.165) is 38.5 Å². The number of amides is 1. The summed E-state index contributed by atoms with van der Waals surface area (Å²) in [7, 11) is 0. The van der Waals surface area contributed by atoms with Crippen LogP contribution in [0.3, 0.4) is 0 Å². The van der Waals surface area contributed by atoms with E-state index in [0.29, 0.717) is 18.8 Å². The summed E-state index contributed by atoms with van der Waals surface area (Å²) in [6.07, 6.45) is 8.05. The number of rotatable bonds is 4. The SMILES string of the molecule is C[C@H]1CCCC[C@H]1NC(=O)COC(=O)C1(O)CCCCC1. The predicted molar refractivity (Wildman–Crippen MR) is 78.6 cm³/mol. The highest BCUT2D eigenvalue weighted by Crippen LogP contribution is 2.29. The van der Waals surface area contributed by atoms with Gasteiger partial charge in [0, 0.05) is 6.04 Å². The highest BCUT2D eigenvalue weighted by atomic mass is 16.6. The molecule has 0 aromatic carbocycles. The molecule has 120 valence electrons. The van der Waals surface area contributed by atoms with Crippen LogP contribution in [-0.4, -0.2) is 35.2 Å². The average Bonchev–Trinajstić information content (AvgIpc) is 2.48. The van der Waals surface area contributed by atoms with Crippen molar-refractivity contribution in [2.24, 2.45) is 5.92 Å². The monoisotopic (exact) mass is 297 g/mol. The molecule has 0 aromatic rings. The van der Waals surface area contributed by atoms with E-state index in [1.807, 2.05) is 0 Å². The van der Waals surface area contributed by atoms with Gasteiger partial charge in [0.25, 0.3) is 5.91 Å². The lowest BCUT2D eigenvalue weighted by Crippen LogP contribution is -2.46. The summed E-state index contributed by atoms with van der Waals surface area (Å²) in [4.78, 5) is 23.8. The van der Waals surface area contributed by atoms with Crippen LogP contribution in [0.25, 0.3) is 0 Å². The van der Waals surface area contributed by atoms with Crippen molar-refractivity contribution in [1.29, 1.82) is 0 Å². The van der Waals surface area contributed by atoms with Gasteiger partial charge in [0.05, 0.1) is 0 Å². The minimum absolute atomic E-state index is 0.183. The standard InChI is InChI=1S/C16H27NO4/c1-12-7-3-4-8-13(12)17-14(18)11-21-15(19)16(20)9-5-2-6-10-16/h12-13,20H,2-11H2,1H3,(H,17,18)/t12-,13+/m0/s1. The third-order valence-corrected chi connectivity index (χ3v) is 4.85. The Labute approximate surface area is 126 Å². The van der Waals surface area contributed by atoms with Crippen molar-refractivity contribution < 1.29 is 19.4 Å². The molecule has 0 aliphatic heterocycles. The Kier molecular flexibility index (Phi) is 5.62. The zero-order valence-electron chi connectivity index (χ0n) is 12.9. The molecule has 2 N–H and O–H groups in total. The number of aliphatic hydroxyl groups is 1. The molecule has 0 bridgehead atoms. The van der Waals surface area contributed by atoms with Gasteiger partial charge < -0.3 is 15.2 Å². The number of nitrogens with one attached hydrogen (secondary N) is 1. The number of carbonyl (C=O) groups excluding carboxylic acids is 2. The number of esters is 1. The Hall–Kier alpha value is -1.10. The summed E-state index contributed by atoms with van der Waals surface area (Å²) >= 11 is 0. The fourth-order valence-corrected chi connectivity index (χ4v) is 3.39. The van der Waals surface area contributed by atoms with E-state index in [-0.39, 0.29) is 18.6 Å². The number of ether oxygens (including phenoxy) is 1. The minimum Gasteiger partial charge on any atom is -0.453 e. The van der Waals surface area contributed by atoms with E-state index >= 15 is 0 Å². The van der Waals surface area contributed by atoms with Gasteiger partial charge in [0.2, 0.25) is 0 Å². The zero-order valence-corrected chi connectivity index (χ0v) is 12.9. The molecular weight excluding hydrogens is 270 g/mol. The fourth-order valence-electron chi connectivity index (χ4n) is 3.39. The number of hydrogen-bond acceptors (Lipinski definition) is 4. The zero-order chi connectivity index (χ0) is 15.3. The lowest BCUT2D eigenvalue weighted by Gasteiger charge is -2.30. The smallest absolute Gasteiger partial charge is 0.338 e. The first-order chi connectivity index (χ1) is 10.0. The molecule has 5 nitrogen and oxygen atoms in total. The predicted octanol–water partition coefficient (Wildman–Crippen LogP) is 1.92. The maximum absolute atomic E-state index is 11.9. The summed E-state index contributed by atoms with van der Waals surface area (Å²) < 4.78 is 5.02. The molecular formula is C16H27NO4. The number of hydrogen-bond donors (Lipinski definition) is 2. The normalized spacial score (nSPS) is 28.7. The van der Waals surface area contributed by atoms with Crippen molar-refractivity contribution in [2.45, 2.75) is 76.4 Å². The summed E-state index contributed by atoms with van der Waals surface area (Å²) in [5.41, 5.74) is -1.38. The number of carbonyl (C=O) groups is 2. The molecule has 2 aliphatic carbocycles. The summed E-state index contributed by atoms with van der Waals surface area (Å²) in [5.74, 6) is -0.434. The van der Waals surface area contributed by atoms with Crippen LogP contribution >= 0.6 is 0 Å². The van der Waals surface area contributed by atoms with Crippen molar-refractivity contribution in [2.75, 3.05) is 6.61 Å². The second kappa shape index (κ2) is 7.25. The topological polar surface area (TPSA) is 75.6 Å². The first-order valence-electron chi connectivity index (χ1n) is 8.20. The fraction of sp³-hybridized carbons (Fsp3) is 0.875. The molecule has 2 rings (SSSR count). The van der Waals surface area contributed by atoms with Crippen LogP contribution in [0.4, 0.5) is 0 Å². The molecule has 2 atom stereocenters. The summed E-state index contributed by atoms with van der Waals surface area (Å²) in [5, 5.41) is 13.2. The van der Waals surface area contributed by atoms with Crippen molar-refractivity contribution >= 4 is 11.9 Å². The molecule has 1 amide bonds. The van der Waals surface area contributed by atoms with Crippen LogP contribution in [0.2, 0.25) is 0 Å². The van der Waals surface area contributed by atoms with E-state index in [1.54, 1.807) is 0 Å². The first-order valence-corrected chi connectivity index (χ1v) is 8.20. The Morgan fingerprint density at radius 3 is 2.48 bits per heavy atom. The van der Waals surface area contributed by atoms with E-state index in [9.17, 15) is 14.7 Å². The molecule has 0 saturated heterocycles. The summed E-state index contributed by atoms with van der Waals surface area (Å²) in [6.45, 7) is 1.85. The van der Waals surface area contributed by atoms with Gasteiger partial charge in [-0.25, -0.2) is 4.79 Å². The van der Waals surface area contributed by atoms with Crippen molar-refractivity contribution in [3.63, 3.8) is 0 Å². The molecule has 0 spiro atoms. The third kappa shape index (κ3) is 4.43. The Morgan fingerprint density at radius 1 is 1.14 bits per heavy atom. The average molecular weight is 297 g/mol. The van der Waals surface area contributed by atoms with Gasteiger partial charge in [-0.3, -0.25) is 4.79 Å². The molecule has 0 aromatic heterocycles.